The number of pyridine rings is 1. The van der Waals surface area contributed by atoms with Gasteiger partial charge in [0.25, 0.3) is 0 Å². The lowest BCUT2D eigenvalue weighted by atomic mass is 10.1. The first-order valence-corrected chi connectivity index (χ1v) is 7.27. The van der Waals surface area contributed by atoms with Crippen LogP contribution < -0.4 is 0 Å². The summed E-state index contributed by atoms with van der Waals surface area (Å²) in [6, 6.07) is 3.82. The van der Waals surface area contributed by atoms with Crippen LogP contribution in [0.3, 0.4) is 0 Å². The zero-order valence-corrected chi connectivity index (χ0v) is 13.0. The number of nitrogens with zero attached hydrogens (tertiary/aromatic N) is 1. The first-order chi connectivity index (χ1) is 9.43. The van der Waals surface area contributed by atoms with Crippen LogP contribution >= 0.6 is 23.2 Å². The third kappa shape index (κ3) is 3.53. The van der Waals surface area contributed by atoms with E-state index in [1.54, 1.807) is 18.5 Å². The summed E-state index contributed by atoms with van der Waals surface area (Å²) in [4.78, 5) is 16.0. The molecule has 0 spiro atoms. The van der Waals surface area contributed by atoms with E-state index in [0.29, 0.717) is 13.0 Å². The fourth-order valence-electron chi connectivity index (χ4n) is 2.48. The van der Waals surface area contributed by atoms with E-state index in [4.69, 9.17) is 27.9 Å². The van der Waals surface area contributed by atoms with Crippen LogP contribution in [0.15, 0.2) is 35.1 Å². The molecule has 0 aromatic carbocycles. The molecule has 1 aliphatic carbocycles. The van der Waals surface area contributed by atoms with Gasteiger partial charge >= 0.3 is 5.97 Å². The Hall–Kier alpha value is -1.06. The summed E-state index contributed by atoms with van der Waals surface area (Å²) in [5, 5.41) is 0. The van der Waals surface area contributed by atoms with Crippen molar-refractivity contribution in [2.24, 2.45) is 17.3 Å². The average Bonchev–Trinajstić information content (AvgIpc) is 2.91. The lowest BCUT2D eigenvalue weighted by Gasteiger charge is -2.05. The molecule has 2 unspecified atom stereocenters. The van der Waals surface area contributed by atoms with E-state index in [1.165, 1.54) is 0 Å². The Labute approximate surface area is 128 Å². The van der Waals surface area contributed by atoms with Crippen LogP contribution in [0, 0.1) is 17.3 Å². The lowest BCUT2D eigenvalue weighted by Crippen LogP contribution is -2.12. The molecule has 1 fully saturated rings. The van der Waals surface area contributed by atoms with Crippen LogP contribution in [0.5, 0.6) is 0 Å². The maximum Gasteiger partial charge on any atom is 0.310 e. The highest BCUT2D eigenvalue weighted by atomic mass is 35.5. The summed E-state index contributed by atoms with van der Waals surface area (Å²) in [6.07, 6.45) is 5.87. The molecule has 1 saturated carbocycles. The molecule has 1 heterocycles. The third-order valence-corrected chi connectivity index (χ3v) is 4.11. The van der Waals surface area contributed by atoms with Gasteiger partial charge in [-0.05, 0) is 35.1 Å². The normalized spacial score (nSPS) is 23.0. The van der Waals surface area contributed by atoms with E-state index in [9.17, 15) is 4.79 Å². The molecule has 0 aliphatic heterocycles. The molecule has 1 aliphatic rings. The molecule has 108 valence electrons. The number of rotatable bonds is 5. The van der Waals surface area contributed by atoms with E-state index >= 15 is 0 Å². The molecule has 1 aromatic rings. The van der Waals surface area contributed by atoms with Gasteiger partial charge in [-0.25, -0.2) is 0 Å². The van der Waals surface area contributed by atoms with Gasteiger partial charge in [0.15, 0.2) is 0 Å². The standard InChI is InChI=1S/C15H17Cl2NO2/c1-15(2)11(9-12(16)17)13(15)14(19)20-8-5-10-3-6-18-7-4-10/h3-4,6-7,9,11,13H,5,8H2,1-2H3. The fourth-order valence-corrected chi connectivity index (χ4v) is 2.75. The number of halogens is 2. The fraction of sp³-hybridized carbons (Fsp3) is 0.467. The SMILES string of the molecule is CC1(C)C(C=C(Cl)Cl)C1C(=O)OCCc1ccncc1. The number of carbonyl (C=O) groups is 1. The van der Waals surface area contributed by atoms with Crippen molar-refractivity contribution in [2.45, 2.75) is 20.3 Å². The van der Waals surface area contributed by atoms with E-state index in [-0.39, 0.29) is 27.7 Å². The predicted octanol–water partition coefficient (Wildman–Crippen LogP) is 3.76. The van der Waals surface area contributed by atoms with Crippen LogP contribution in [-0.4, -0.2) is 17.6 Å². The van der Waals surface area contributed by atoms with Crippen LogP contribution in [0.1, 0.15) is 19.4 Å². The van der Waals surface area contributed by atoms with Crippen LogP contribution in [0.25, 0.3) is 0 Å². The van der Waals surface area contributed by atoms with Gasteiger partial charge in [0.05, 0.1) is 12.5 Å². The van der Waals surface area contributed by atoms with Crippen molar-refractivity contribution in [2.75, 3.05) is 6.61 Å². The summed E-state index contributed by atoms with van der Waals surface area (Å²) < 4.78 is 5.55. The Morgan fingerprint density at radius 2 is 2.05 bits per heavy atom. The Bertz CT molecular complexity index is 510. The molecule has 2 rings (SSSR count). The van der Waals surface area contributed by atoms with E-state index in [1.807, 2.05) is 26.0 Å². The van der Waals surface area contributed by atoms with Gasteiger partial charge in [0.2, 0.25) is 0 Å². The van der Waals surface area contributed by atoms with Crippen molar-refractivity contribution in [3.63, 3.8) is 0 Å². The maximum atomic E-state index is 12.1. The molecular formula is C15H17Cl2NO2. The number of aromatic nitrogens is 1. The van der Waals surface area contributed by atoms with Gasteiger partial charge in [0, 0.05) is 18.8 Å². The molecule has 2 atom stereocenters. The van der Waals surface area contributed by atoms with Crippen molar-refractivity contribution in [3.05, 3.63) is 40.7 Å². The second-order valence-electron chi connectivity index (χ2n) is 5.55. The molecular weight excluding hydrogens is 297 g/mol. The monoisotopic (exact) mass is 313 g/mol. The summed E-state index contributed by atoms with van der Waals surface area (Å²) in [6.45, 7) is 4.40. The highest BCUT2D eigenvalue weighted by Crippen LogP contribution is 2.60. The van der Waals surface area contributed by atoms with Crippen molar-refractivity contribution in [1.29, 1.82) is 0 Å². The van der Waals surface area contributed by atoms with Crippen molar-refractivity contribution >= 4 is 29.2 Å². The Balaban J connectivity index is 1.83. The zero-order valence-electron chi connectivity index (χ0n) is 11.5. The van der Waals surface area contributed by atoms with Gasteiger partial charge < -0.3 is 4.74 Å². The van der Waals surface area contributed by atoms with Gasteiger partial charge in [-0.3, -0.25) is 9.78 Å². The summed E-state index contributed by atoms with van der Waals surface area (Å²) in [7, 11) is 0. The van der Waals surface area contributed by atoms with Gasteiger partial charge in [-0.15, -0.1) is 0 Å². The largest absolute Gasteiger partial charge is 0.465 e. The quantitative estimate of drug-likeness (QED) is 0.777. The van der Waals surface area contributed by atoms with Crippen molar-refractivity contribution < 1.29 is 9.53 Å². The van der Waals surface area contributed by atoms with Gasteiger partial charge in [-0.1, -0.05) is 37.0 Å². The minimum absolute atomic E-state index is 0.0564. The van der Waals surface area contributed by atoms with Crippen LogP contribution in [0.2, 0.25) is 0 Å². The second-order valence-corrected chi connectivity index (χ2v) is 6.56. The minimum Gasteiger partial charge on any atom is -0.465 e. The highest BCUT2D eigenvalue weighted by Gasteiger charge is 2.61. The Kier molecular flexibility index (Phi) is 4.71. The third-order valence-electron chi connectivity index (χ3n) is 3.85. The summed E-state index contributed by atoms with van der Waals surface area (Å²) >= 11 is 11.3. The van der Waals surface area contributed by atoms with Gasteiger partial charge in [0.1, 0.15) is 4.49 Å². The summed E-state index contributed by atoms with van der Waals surface area (Å²) in [5.74, 6) is -0.284. The lowest BCUT2D eigenvalue weighted by molar-refractivity contribution is -0.146. The zero-order chi connectivity index (χ0) is 14.8. The van der Waals surface area contributed by atoms with Crippen LogP contribution in [0.4, 0.5) is 0 Å². The highest BCUT2D eigenvalue weighted by molar-refractivity contribution is 6.55. The Morgan fingerprint density at radius 1 is 1.40 bits per heavy atom. The van der Waals surface area contributed by atoms with E-state index in [0.717, 1.165) is 5.56 Å². The first-order valence-electron chi connectivity index (χ1n) is 6.51. The van der Waals surface area contributed by atoms with E-state index in [2.05, 4.69) is 4.98 Å². The van der Waals surface area contributed by atoms with Crippen molar-refractivity contribution in [1.82, 2.24) is 4.98 Å². The second kappa shape index (κ2) is 6.15. The maximum absolute atomic E-state index is 12.1. The first kappa shape index (κ1) is 15.3. The number of esters is 1. The van der Waals surface area contributed by atoms with Crippen molar-refractivity contribution in [3.8, 4) is 0 Å². The number of allylic oxidation sites excluding steroid dienone is 1. The summed E-state index contributed by atoms with van der Waals surface area (Å²) in [5.41, 5.74) is 0.964. The molecule has 0 amide bonds. The van der Waals surface area contributed by atoms with Gasteiger partial charge in [-0.2, -0.15) is 0 Å². The number of ether oxygens (including phenoxy) is 1. The molecule has 1 aromatic heterocycles. The topological polar surface area (TPSA) is 39.2 Å². The molecule has 0 bridgehead atoms. The number of hydrogen-bond acceptors (Lipinski definition) is 3. The predicted molar refractivity (Wildman–Crippen MR) is 79.5 cm³/mol. The molecule has 0 N–H and O–H groups in total. The average molecular weight is 314 g/mol. The Morgan fingerprint density at radius 3 is 2.65 bits per heavy atom. The number of hydrogen-bond donors (Lipinski definition) is 0. The molecule has 0 radical (unpaired) electrons. The minimum atomic E-state index is -0.181. The molecule has 5 heteroatoms. The van der Waals surface area contributed by atoms with E-state index < -0.39 is 0 Å². The molecule has 0 saturated heterocycles. The molecule has 3 nitrogen and oxygen atoms in total. The number of carbonyl (C=O) groups excluding carboxylic acids is 1. The smallest absolute Gasteiger partial charge is 0.310 e. The molecule has 20 heavy (non-hydrogen) atoms. The van der Waals surface area contributed by atoms with Crippen LogP contribution in [-0.2, 0) is 16.0 Å².